The summed E-state index contributed by atoms with van der Waals surface area (Å²) in [6.45, 7) is 0. The maximum Gasteiger partial charge on any atom is 0.251 e. The number of thioether (sulfide) groups is 1. The normalized spacial score (nSPS) is 16.7. The van der Waals surface area contributed by atoms with Gasteiger partial charge < -0.3 is 10.2 Å². The third-order valence-electron chi connectivity index (χ3n) is 4.92. The van der Waals surface area contributed by atoms with Gasteiger partial charge in [0.25, 0.3) is 5.91 Å². The standard InChI is InChI=1S/C24H22N4OS/c1-28(2)21-15-13-18(14-16-21)17-25-27-23-26-22(29)24(30-23,19-9-5-3-6-10-19)20-11-7-4-8-12-20/h3-17H,1-2H3,(H,26,27,29). The van der Waals surface area contributed by atoms with E-state index in [1.807, 2.05) is 104 Å². The van der Waals surface area contributed by atoms with Gasteiger partial charge in [-0.05, 0) is 28.8 Å². The number of amides is 1. The minimum atomic E-state index is -0.885. The second-order valence-electron chi connectivity index (χ2n) is 7.11. The zero-order chi connectivity index (χ0) is 21.0. The molecular formula is C24H22N4OS. The van der Waals surface area contributed by atoms with Crippen LogP contribution in [0.2, 0.25) is 0 Å². The van der Waals surface area contributed by atoms with Gasteiger partial charge in [-0.3, -0.25) is 4.79 Å². The molecule has 0 aromatic heterocycles. The van der Waals surface area contributed by atoms with E-state index in [0.29, 0.717) is 5.17 Å². The summed E-state index contributed by atoms with van der Waals surface area (Å²) in [6, 6.07) is 27.6. The fraction of sp³-hybridized carbons (Fsp3) is 0.125. The number of amidine groups is 1. The molecular weight excluding hydrogens is 392 g/mol. The average molecular weight is 415 g/mol. The summed E-state index contributed by atoms with van der Waals surface area (Å²) in [6.07, 6.45) is 1.68. The summed E-state index contributed by atoms with van der Waals surface area (Å²) < 4.78 is -0.885. The quantitative estimate of drug-likeness (QED) is 0.502. The number of rotatable bonds is 5. The predicted octanol–water partition coefficient (Wildman–Crippen LogP) is 4.25. The van der Waals surface area contributed by atoms with Crippen LogP contribution < -0.4 is 10.2 Å². The molecule has 1 aliphatic heterocycles. The SMILES string of the molecule is CN(C)c1ccc(C=N/N=C2/NC(=O)C(c3ccccc3)(c3ccccc3)S2)cc1. The van der Waals surface area contributed by atoms with Crippen molar-refractivity contribution in [3.63, 3.8) is 0 Å². The van der Waals surface area contributed by atoms with Crippen molar-refractivity contribution >= 4 is 34.7 Å². The molecule has 3 aromatic carbocycles. The van der Waals surface area contributed by atoms with Gasteiger partial charge in [0.1, 0.15) is 0 Å². The Labute approximate surface area is 180 Å². The first-order valence-electron chi connectivity index (χ1n) is 9.59. The van der Waals surface area contributed by atoms with Crippen LogP contribution in [0.25, 0.3) is 0 Å². The van der Waals surface area contributed by atoms with E-state index < -0.39 is 4.75 Å². The number of nitrogens with zero attached hydrogens (tertiary/aromatic N) is 3. The van der Waals surface area contributed by atoms with Crippen LogP contribution in [-0.2, 0) is 9.54 Å². The Morgan fingerprint density at radius 2 is 1.43 bits per heavy atom. The van der Waals surface area contributed by atoms with E-state index in [2.05, 4.69) is 15.5 Å². The number of carbonyl (C=O) groups is 1. The van der Waals surface area contributed by atoms with E-state index in [4.69, 9.17) is 0 Å². The van der Waals surface area contributed by atoms with Gasteiger partial charge in [0.15, 0.2) is 9.91 Å². The first kappa shape index (κ1) is 19.9. The second kappa shape index (κ2) is 8.55. The molecule has 150 valence electrons. The van der Waals surface area contributed by atoms with E-state index in [9.17, 15) is 4.79 Å². The summed E-state index contributed by atoms with van der Waals surface area (Å²) in [4.78, 5) is 15.2. The molecule has 3 aromatic rings. The van der Waals surface area contributed by atoms with E-state index >= 15 is 0 Å². The zero-order valence-electron chi connectivity index (χ0n) is 16.8. The van der Waals surface area contributed by atoms with Gasteiger partial charge in [0.2, 0.25) is 0 Å². The highest BCUT2D eigenvalue weighted by Crippen LogP contribution is 2.46. The summed E-state index contributed by atoms with van der Waals surface area (Å²) in [5.41, 5.74) is 3.88. The molecule has 0 aliphatic carbocycles. The average Bonchev–Trinajstić information content (AvgIpc) is 3.12. The lowest BCUT2D eigenvalue weighted by molar-refractivity contribution is -0.120. The first-order valence-corrected chi connectivity index (χ1v) is 10.4. The molecule has 1 heterocycles. The lowest BCUT2D eigenvalue weighted by atomic mass is 9.89. The highest BCUT2D eigenvalue weighted by atomic mass is 32.2. The molecule has 1 fully saturated rings. The molecule has 0 spiro atoms. The largest absolute Gasteiger partial charge is 0.378 e. The highest BCUT2D eigenvalue weighted by Gasteiger charge is 2.49. The van der Waals surface area contributed by atoms with Crippen molar-refractivity contribution < 1.29 is 4.79 Å². The van der Waals surface area contributed by atoms with Crippen LogP contribution in [0.1, 0.15) is 16.7 Å². The van der Waals surface area contributed by atoms with Crippen molar-refractivity contribution in [1.82, 2.24) is 5.32 Å². The molecule has 0 atom stereocenters. The van der Waals surface area contributed by atoms with E-state index in [-0.39, 0.29) is 5.91 Å². The number of hydrogen-bond donors (Lipinski definition) is 1. The van der Waals surface area contributed by atoms with Crippen molar-refractivity contribution in [2.24, 2.45) is 10.2 Å². The van der Waals surface area contributed by atoms with Gasteiger partial charge in [0, 0.05) is 19.8 Å². The molecule has 1 aliphatic rings. The molecule has 6 heteroatoms. The maximum absolute atomic E-state index is 13.2. The van der Waals surface area contributed by atoms with Crippen molar-refractivity contribution in [2.75, 3.05) is 19.0 Å². The molecule has 1 saturated heterocycles. The Hall–Kier alpha value is -3.38. The van der Waals surface area contributed by atoms with Gasteiger partial charge in [-0.25, -0.2) is 0 Å². The van der Waals surface area contributed by atoms with Gasteiger partial charge >= 0.3 is 0 Å². The van der Waals surface area contributed by atoms with Crippen molar-refractivity contribution in [1.29, 1.82) is 0 Å². The number of benzene rings is 3. The summed E-state index contributed by atoms with van der Waals surface area (Å²) in [5.74, 6) is -0.116. The van der Waals surface area contributed by atoms with E-state index in [1.165, 1.54) is 11.8 Å². The minimum Gasteiger partial charge on any atom is -0.378 e. The number of nitrogens with one attached hydrogen (secondary N) is 1. The summed E-state index contributed by atoms with van der Waals surface area (Å²) >= 11 is 1.38. The van der Waals surface area contributed by atoms with E-state index in [1.54, 1.807) is 6.21 Å². The Kier molecular flexibility index (Phi) is 5.68. The van der Waals surface area contributed by atoms with Crippen LogP contribution in [-0.4, -0.2) is 31.4 Å². The Bertz CT molecular complexity index is 1040. The van der Waals surface area contributed by atoms with Crippen molar-refractivity contribution in [2.45, 2.75) is 4.75 Å². The fourth-order valence-electron chi connectivity index (χ4n) is 3.35. The van der Waals surface area contributed by atoms with E-state index in [0.717, 1.165) is 22.4 Å². The molecule has 0 bridgehead atoms. The fourth-order valence-corrected chi connectivity index (χ4v) is 4.52. The molecule has 0 unspecified atom stereocenters. The maximum atomic E-state index is 13.2. The third-order valence-corrected chi connectivity index (χ3v) is 6.26. The Morgan fingerprint density at radius 3 is 1.97 bits per heavy atom. The van der Waals surface area contributed by atoms with Crippen LogP contribution in [0.15, 0.2) is 95.1 Å². The van der Waals surface area contributed by atoms with Crippen LogP contribution in [0.3, 0.4) is 0 Å². The van der Waals surface area contributed by atoms with Crippen LogP contribution >= 0.6 is 11.8 Å². The van der Waals surface area contributed by atoms with Crippen molar-refractivity contribution in [3.05, 3.63) is 102 Å². The molecule has 1 N–H and O–H groups in total. The van der Waals surface area contributed by atoms with Gasteiger partial charge in [-0.15, -0.1) is 5.10 Å². The molecule has 4 rings (SSSR count). The van der Waals surface area contributed by atoms with Gasteiger partial charge in [-0.2, -0.15) is 5.10 Å². The van der Waals surface area contributed by atoms with Crippen LogP contribution in [0, 0.1) is 0 Å². The van der Waals surface area contributed by atoms with Crippen LogP contribution in [0.4, 0.5) is 5.69 Å². The Morgan fingerprint density at radius 1 is 0.867 bits per heavy atom. The highest BCUT2D eigenvalue weighted by molar-refractivity contribution is 8.16. The minimum absolute atomic E-state index is 0.116. The first-order chi connectivity index (χ1) is 14.6. The summed E-state index contributed by atoms with van der Waals surface area (Å²) in [7, 11) is 4.00. The number of anilines is 1. The molecule has 0 radical (unpaired) electrons. The van der Waals surface area contributed by atoms with Gasteiger partial charge in [-0.1, -0.05) is 84.6 Å². The lowest BCUT2D eigenvalue weighted by Gasteiger charge is -2.25. The zero-order valence-corrected chi connectivity index (χ0v) is 17.6. The number of hydrogen-bond acceptors (Lipinski definition) is 5. The smallest absolute Gasteiger partial charge is 0.251 e. The molecule has 0 saturated carbocycles. The predicted molar refractivity (Wildman–Crippen MR) is 125 cm³/mol. The molecule has 5 nitrogen and oxygen atoms in total. The number of carbonyl (C=O) groups excluding carboxylic acids is 1. The summed E-state index contributed by atoms with van der Waals surface area (Å²) in [5, 5.41) is 11.9. The monoisotopic (exact) mass is 414 g/mol. The molecule has 30 heavy (non-hydrogen) atoms. The van der Waals surface area contributed by atoms with Crippen molar-refractivity contribution in [3.8, 4) is 0 Å². The lowest BCUT2D eigenvalue weighted by Crippen LogP contribution is -2.35. The Balaban J connectivity index is 1.62. The van der Waals surface area contributed by atoms with Crippen LogP contribution in [0.5, 0.6) is 0 Å². The second-order valence-corrected chi connectivity index (χ2v) is 8.31. The third kappa shape index (κ3) is 3.86. The molecule has 1 amide bonds. The topological polar surface area (TPSA) is 57.1 Å². The van der Waals surface area contributed by atoms with Gasteiger partial charge in [0.05, 0.1) is 6.21 Å².